The predicted octanol–water partition coefficient (Wildman–Crippen LogP) is 4.99. The first-order valence-electron chi connectivity index (χ1n) is 6.16. The van der Waals surface area contributed by atoms with Crippen molar-refractivity contribution in [3.8, 4) is 11.1 Å². The summed E-state index contributed by atoms with van der Waals surface area (Å²) in [5, 5.41) is 4.97. The second kappa shape index (κ2) is 6.66. The molecule has 2 rings (SSSR count). The van der Waals surface area contributed by atoms with Crippen molar-refractivity contribution in [3.05, 3.63) is 34.4 Å². The molecule has 0 atom stereocenters. The third-order valence-corrected chi connectivity index (χ3v) is 3.75. The number of hydrogen-bond donors (Lipinski definition) is 1. The van der Waals surface area contributed by atoms with Crippen molar-refractivity contribution in [1.82, 2.24) is 9.97 Å². The van der Waals surface area contributed by atoms with Crippen molar-refractivity contribution in [3.63, 3.8) is 0 Å². The van der Waals surface area contributed by atoms with Gasteiger partial charge in [0.2, 0.25) is 0 Å². The molecule has 0 spiro atoms. The minimum absolute atomic E-state index is 0.233. The number of thioether (sulfide) groups is 1. The fourth-order valence-corrected chi connectivity index (χ4v) is 2.70. The van der Waals surface area contributed by atoms with E-state index in [9.17, 15) is 0 Å². The molecule has 0 saturated carbocycles. The highest BCUT2D eigenvalue weighted by Gasteiger charge is 2.17. The van der Waals surface area contributed by atoms with E-state index in [-0.39, 0.29) is 6.04 Å². The molecule has 0 bridgehead atoms. The van der Waals surface area contributed by atoms with Crippen LogP contribution in [-0.4, -0.2) is 22.3 Å². The van der Waals surface area contributed by atoms with E-state index in [1.54, 1.807) is 0 Å². The van der Waals surface area contributed by atoms with Crippen molar-refractivity contribution < 1.29 is 0 Å². The second-order valence-corrected chi connectivity index (χ2v) is 6.04. The normalized spacial score (nSPS) is 10.9. The van der Waals surface area contributed by atoms with Gasteiger partial charge in [-0.05, 0) is 26.2 Å². The lowest BCUT2D eigenvalue weighted by Gasteiger charge is -2.16. The minimum atomic E-state index is 0.233. The second-order valence-electron chi connectivity index (χ2n) is 4.50. The van der Waals surface area contributed by atoms with Gasteiger partial charge in [-0.2, -0.15) is 0 Å². The van der Waals surface area contributed by atoms with E-state index in [0.717, 1.165) is 11.1 Å². The Morgan fingerprint density at radius 2 is 1.85 bits per heavy atom. The number of rotatable bonds is 4. The summed E-state index contributed by atoms with van der Waals surface area (Å²) < 4.78 is 0. The van der Waals surface area contributed by atoms with Gasteiger partial charge in [0.05, 0.1) is 5.56 Å². The Morgan fingerprint density at radius 3 is 2.45 bits per heavy atom. The number of benzene rings is 1. The summed E-state index contributed by atoms with van der Waals surface area (Å²) >= 11 is 14.1. The molecule has 0 unspecified atom stereocenters. The van der Waals surface area contributed by atoms with Crippen LogP contribution in [0.2, 0.25) is 10.2 Å². The molecule has 1 aromatic heterocycles. The highest BCUT2D eigenvalue weighted by Crippen LogP contribution is 2.37. The van der Waals surface area contributed by atoms with Crippen LogP contribution in [0.15, 0.2) is 29.4 Å². The minimum Gasteiger partial charge on any atom is -0.367 e. The topological polar surface area (TPSA) is 37.8 Å². The Morgan fingerprint density at radius 1 is 1.15 bits per heavy atom. The number of anilines is 1. The average Bonchev–Trinajstić information content (AvgIpc) is 2.39. The van der Waals surface area contributed by atoms with Gasteiger partial charge in [-0.3, -0.25) is 0 Å². The lowest BCUT2D eigenvalue weighted by atomic mass is 10.1. The number of halogens is 2. The molecule has 106 valence electrons. The Bertz CT molecular complexity index is 617. The Kier molecular flexibility index (Phi) is 5.13. The zero-order valence-electron chi connectivity index (χ0n) is 11.4. The van der Waals surface area contributed by atoms with Gasteiger partial charge in [0.15, 0.2) is 5.16 Å². The van der Waals surface area contributed by atoms with Crippen LogP contribution in [0.25, 0.3) is 11.1 Å². The molecule has 0 amide bonds. The third-order valence-electron chi connectivity index (χ3n) is 2.60. The first-order chi connectivity index (χ1) is 9.52. The SMILES string of the molecule is CSc1nc(Cl)c(-c2ccccc2Cl)c(NC(C)C)n1. The van der Waals surface area contributed by atoms with Crippen LogP contribution in [0.5, 0.6) is 0 Å². The summed E-state index contributed by atoms with van der Waals surface area (Å²) in [6, 6.07) is 7.77. The fourth-order valence-electron chi connectivity index (χ4n) is 1.79. The van der Waals surface area contributed by atoms with Gasteiger partial charge in [-0.25, -0.2) is 9.97 Å². The Hall–Kier alpha value is -0.970. The fraction of sp³-hybridized carbons (Fsp3) is 0.286. The van der Waals surface area contributed by atoms with Crippen LogP contribution in [-0.2, 0) is 0 Å². The monoisotopic (exact) mass is 327 g/mol. The van der Waals surface area contributed by atoms with Gasteiger partial charge < -0.3 is 5.32 Å². The van der Waals surface area contributed by atoms with Gasteiger partial charge in [-0.1, -0.05) is 53.2 Å². The molecule has 0 aliphatic heterocycles. The largest absolute Gasteiger partial charge is 0.367 e. The molecule has 0 aliphatic rings. The summed E-state index contributed by atoms with van der Waals surface area (Å²) in [6.07, 6.45) is 1.92. The van der Waals surface area contributed by atoms with E-state index < -0.39 is 0 Å². The smallest absolute Gasteiger partial charge is 0.190 e. The molecule has 6 heteroatoms. The zero-order chi connectivity index (χ0) is 14.7. The molecular weight excluding hydrogens is 313 g/mol. The van der Waals surface area contributed by atoms with Crippen molar-refractivity contribution in [2.45, 2.75) is 25.0 Å². The van der Waals surface area contributed by atoms with Gasteiger partial charge in [0.25, 0.3) is 0 Å². The molecule has 0 radical (unpaired) electrons. The molecule has 0 aliphatic carbocycles. The first kappa shape index (κ1) is 15.4. The van der Waals surface area contributed by atoms with Crippen molar-refractivity contribution in [2.75, 3.05) is 11.6 Å². The average molecular weight is 328 g/mol. The summed E-state index contributed by atoms with van der Waals surface area (Å²) in [5.74, 6) is 0.706. The summed E-state index contributed by atoms with van der Waals surface area (Å²) in [7, 11) is 0. The maximum atomic E-state index is 6.34. The molecule has 1 heterocycles. The Labute approximate surface area is 133 Å². The molecule has 1 N–H and O–H groups in total. The molecule has 0 fully saturated rings. The quantitative estimate of drug-likeness (QED) is 0.487. The highest BCUT2D eigenvalue weighted by molar-refractivity contribution is 7.98. The van der Waals surface area contributed by atoms with E-state index >= 15 is 0 Å². The third kappa shape index (κ3) is 3.37. The molecule has 0 saturated heterocycles. The van der Waals surface area contributed by atoms with E-state index in [1.807, 2.05) is 44.4 Å². The van der Waals surface area contributed by atoms with Crippen molar-refractivity contribution >= 4 is 40.8 Å². The van der Waals surface area contributed by atoms with Gasteiger partial charge >= 0.3 is 0 Å². The Balaban J connectivity index is 2.64. The van der Waals surface area contributed by atoms with Crippen LogP contribution < -0.4 is 5.32 Å². The van der Waals surface area contributed by atoms with Crippen LogP contribution in [0.3, 0.4) is 0 Å². The maximum absolute atomic E-state index is 6.34. The molecule has 2 aromatic rings. The van der Waals surface area contributed by atoms with E-state index in [4.69, 9.17) is 23.2 Å². The lowest BCUT2D eigenvalue weighted by Crippen LogP contribution is -2.13. The first-order valence-corrected chi connectivity index (χ1v) is 8.14. The lowest BCUT2D eigenvalue weighted by molar-refractivity contribution is 0.869. The van der Waals surface area contributed by atoms with Gasteiger partial charge in [-0.15, -0.1) is 0 Å². The van der Waals surface area contributed by atoms with Crippen molar-refractivity contribution in [2.24, 2.45) is 0 Å². The maximum Gasteiger partial charge on any atom is 0.190 e. The molecular formula is C14H15Cl2N3S. The number of aromatic nitrogens is 2. The summed E-state index contributed by atoms with van der Waals surface area (Å²) in [5.41, 5.74) is 1.57. The van der Waals surface area contributed by atoms with E-state index in [0.29, 0.717) is 21.2 Å². The summed E-state index contributed by atoms with van der Waals surface area (Å²) in [6.45, 7) is 4.09. The molecule has 3 nitrogen and oxygen atoms in total. The van der Waals surface area contributed by atoms with E-state index in [2.05, 4.69) is 15.3 Å². The van der Waals surface area contributed by atoms with E-state index in [1.165, 1.54) is 11.8 Å². The van der Waals surface area contributed by atoms with Crippen LogP contribution in [0, 0.1) is 0 Å². The zero-order valence-corrected chi connectivity index (χ0v) is 13.8. The number of nitrogens with one attached hydrogen (secondary N) is 1. The van der Waals surface area contributed by atoms with Crippen LogP contribution in [0.1, 0.15) is 13.8 Å². The van der Waals surface area contributed by atoms with Crippen molar-refractivity contribution in [1.29, 1.82) is 0 Å². The number of nitrogens with zero attached hydrogens (tertiary/aromatic N) is 2. The van der Waals surface area contributed by atoms with Gasteiger partial charge in [0.1, 0.15) is 11.0 Å². The van der Waals surface area contributed by atoms with Gasteiger partial charge in [0, 0.05) is 16.6 Å². The standard InChI is InChI=1S/C14H15Cl2N3S/c1-8(2)17-13-11(9-6-4-5-7-10(9)15)12(16)18-14(19-13)20-3/h4-8H,1-3H3,(H,17,18,19). The summed E-state index contributed by atoms with van der Waals surface area (Å²) in [4.78, 5) is 8.80. The number of hydrogen-bond acceptors (Lipinski definition) is 4. The molecule has 1 aromatic carbocycles. The molecule has 20 heavy (non-hydrogen) atoms. The predicted molar refractivity (Wildman–Crippen MR) is 88.0 cm³/mol. The van der Waals surface area contributed by atoms with Crippen LogP contribution in [0.4, 0.5) is 5.82 Å². The van der Waals surface area contributed by atoms with Crippen LogP contribution >= 0.6 is 35.0 Å². The highest BCUT2D eigenvalue weighted by atomic mass is 35.5.